The molecule has 2 amide bonds. The van der Waals surface area contributed by atoms with E-state index in [-0.39, 0.29) is 24.2 Å². The standard InChI is InChI=1S/C10H12FN3O2/c11-8-2-1-6(10(13)16)3-7(8)4-14-5-9(12)15/h1-3,14H,4-5H2,(H2,12,15)(H2,13,16). The van der Waals surface area contributed by atoms with E-state index in [1.165, 1.54) is 12.1 Å². The van der Waals surface area contributed by atoms with Gasteiger partial charge in [-0.2, -0.15) is 0 Å². The van der Waals surface area contributed by atoms with Gasteiger partial charge in [-0.3, -0.25) is 9.59 Å². The average Bonchev–Trinajstić information content (AvgIpc) is 2.20. The first-order chi connectivity index (χ1) is 7.50. The molecule has 0 aliphatic heterocycles. The SMILES string of the molecule is NC(=O)CNCc1cc(C(N)=O)ccc1F. The van der Waals surface area contributed by atoms with Crippen molar-refractivity contribution in [2.75, 3.05) is 6.54 Å². The number of halogens is 1. The van der Waals surface area contributed by atoms with Crippen LogP contribution in [0.5, 0.6) is 0 Å². The number of carbonyl (C=O) groups is 2. The van der Waals surface area contributed by atoms with Crippen LogP contribution in [0.2, 0.25) is 0 Å². The predicted octanol–water partition coefficient (Wildman–Crippen LogP) is -0.500. The number of hydrogen-bond donors (Lipinski definition) is 3. The molecule has 0 spiro atoms. The van der Waals surface area contributed by atoms with Crippen molar-refractivity contribution in [2.24, 2.45) is 11.5 Å². The van der Waals surface area contributed by atoms with Crippen LogP contribution in [0.15, 0.2) is 18.2 Å². The fourth-order valence-electron chi connectivity index (χ4n) is 1.18. The van der Waals surface area contributed by atoms with Gasteiger partial charge in [0.15, 0.2) is 0 Å². The summed E-state index contributed by atoms with van der Waals surface area (Å²) < 4.78 is 13.2. The van der Waals surface area contributed by atoms with Gasteiger partial charge >= 0.3 is 0 Å². The van der Waals surface area contributed by atoms with Crippen molar-refractivity contribution in [1.29, 1.82) is 0 Å². The quantitative estimate of drug-likeness (QED) is 0.630. The highest BCUT2D eigenvalue weighted by molar-refractivity contribution is 5.92. The lowest BCUT2D eigenvalue weighted by Crippen LogP contribution is -2.28. The molecule has 0 aliphatic rings. The molecule has 86 valence electrons. The van der Waals surface area contributed by atoms with Gasteiger partial charge in [-0.15, -0.1) is 0 Å². The maximum atomic E-state index is 13.2. The number of nitrogens with two attached hydrogens (primary N) is 2. The topological polar surface area (TPSA) is 98.2 Å². The van der Waals surface area contributed by atoms with Crippen LogP contribution in [-0.4, -0.2) is 18.4 Å². The van der Waals surface area contributed by atoms with Crippen molar-refractivity contribution < 1.29 is 14.0 Å². The lowest BCUT2D eigenvalue weighted by atomic mass is 10.1. The first kappa shape index (κ1) is 12.1. The van der Waals surface area contributed by atoms with Crippen LogP contribution in [-0.2, 0) is 11.3 Å². The van der Waals surface area contributed by atoms with Crippen LogP contribution in [0, 0.1) is 5.82 Å². The largest absolute Gasteiger partial charge is 0.369 e. The van der Waals surface area contributed by atoms with Gasteiger partial charge in [-0.05, 0) is 18.2 Å². The third-order valence-electron chi connectivity index (χ3n) is 1.94. The van der Waals surface area contributed by atoms with Crippen LogP contribution >= 0.6 is 0 Å². The molecule has 16 heavy (non-hydrogen) atoms. The normalized spacial score (nSPS) is 10.1. The second kappa shape index (κ2) is 5.22. The highest BCUT2D eigenvalue weighted by atomic mass is 19.1. The van der Waals surface area contributed by atoms with E-state index in [9.17, 15) is 14.0 Å². The molecular weight excluding hydrogens is 213 g/mol. The number of hydrogen-bond acceptors (Lipinski definition) is 3. The molecular formula is C10H12FN3O2. The second-order valence-electron chi connectivity index (χ2n) is 3.24. The summed E-state index contributed by atoms with van der Waals surface area (Å²) in [6, 6.07) is 3.79. The highest BCUT2D eigenvalue weighted by Gasteiger charge is 2.07. The Hall–Kier alpha value is -1.95. The van der Waals surface area contributed by atoms with Gasteiger partial charge in [0.1, 0.15) is 5.82 Å². The second-order valence-corrected chi connectivity index (χ2v) is 3.24. The number of rotatable bonds is 5. The van der Waals surface area contributed by atoms with Crippen LogP contribution in [0.25, 0.3) is 0 Å². The fourth-order valence-corrected chi connectivity index (χ4v) is 1.18. The van der Waals surface area contributed by atoms with Crippen LogP contribution < -0.4 is 16.8 Å². The molecule has 0 atom stereocenters. The zero-order chi connectivity index (χ0) is 12.1. The fraction of sp³-hybridized carbons (Fsp3) is 0.200. The molecule has 1 aromatic carbocycles. The van der Waals surface area contributed by atoms with Gasteiger partial charge in [0.25, 0.3) is 0 Å². The van der Waals surface area contributed by atoms with Crippen LogP contribution in [0.3, 0.4) is 0 Å². The molecule has 1 rings (SSSR count). The molecule has 0 saturated carbocycles. The van der Waals surface area contributed by atoms with E-state index in [1.807, 2.05) is 0 Å². The monoisotopic (exact) mass is 225 g/mol. The van der Waals surface area contributed by atoms with Gasteiger partial charge < -0.3 is 16.8 Å². The zero-order valence-corrected chi connectivity index (χ0v) is 8.50. The van der Waals surface area contributed by atoms with E-state index in [0.29, 0.717) is 0 Å². The third-order valence-corrected chi connectivity index (χ3v) is 1.94. The smallest absolute Gasteiger partial charge is 0.248 e. The molecule has 5 nitrogen and oxygen atoms in total. The van der Waals surface area contributed by atoms with E-state index < -0.39 is 17.6 Å². The summed E-state index contributed by atoms with van der Waals surface area (Å²) >= 11 is 0. The van der Waals surface area contributed by atoms with E-state index in [4.69, 9.17) is 11.5 Å². The van der Waals surface area contributed by atoms with Crippen molar-refractivity contribution in [3.63, 3.8) is 0 Å². The van der Waals surface area contributed by atoms with Crippen molar-refractivity contribution in [3.05, 3.63) is 35.1 Å². The lowest BCUT2D eigenvalue weighted by molar-refractivity contribution is -0.117. The van der Waals surface area contributed by atoms with E-state index in [2.05, 4.69) is 5.32 Å². The Kier molecular flexibility index (Phi) is 3.96. The molecule has 0 fully saturated rings. The molecule has 0 radical (unpaired) electrons. The van der Waals surface area contributed by atoms with Crippen LogP contribution in [0.1, 0.15) is 15.9 Å². The Morgan fingerprint density at radius 1 is 1.31 bits per heavy atom. The van der Waals surface area contributed by atoms with Crippen molar-refractivity contribution in [1.82, 2.24) is 5.32 Å². The minimum atomic E-state index is -0.629. The molecule has 0 unspecified atom stereocenters. The van der Waals surface area contributed by atoms with Gasteiger partial charge in [-0.25, -0.2) is 4.39 Å². The molecule has 0 aliphatic carbocycles. The van der Waals surface area contributed by atoms with Gasteiger partial charge in [0.2, 0.25) is 11.8 Å². The van der Waals surface area contributed by atoms with E-state index in [1.54, 1.807) is 0 Å². The van der Waals surface area contributed by atoms with Gasteiger partial charge in [0.05, 0.1) is 6.54 Å². The van der Waals surface area contributed by atoms with Gasteiger partial charge in [-0.1, -0.05) is 0 Å². The van der Waals surface area contributed by atoms with Gasteiger partial charge in [0, 0.05) is 17.7 Å². The van der Waals surface area contributed by atoms with Crippen LogP contribution in [0.4, 0.5) is 4.39 Å². The van der Waals surface area contributed by atoms with Crippen molar-refractivity contribution in [2.45, 2.75) is 6.54 Å². The summed E-state index contributed by atoms with van der Waals surface area (Å²) in [6.07, 6.45) is 0. The number of benzene rings is 1. The van der Waals surface area contributed by atoms with E-state index in [0.717, 1.165) is 6.07 Å². The summed E-state index contributed by atoms with van der Waals surface area (Å²) in [4.78, 5) is 21.3. The Balaban J connectivity index is 2.74. The third kappa shape index (κ3) is 3.32. The molecule has 0 saturated heterocycles. The Morgan fingerprint density at radius 3 is 2.56 bits per heavy atom. The summed E-state index contributed by atoms with van der Waals surface area (Å²) in [6.45, 7) is 0.0517. The summed E-state index contributed by atoms with van der Waals surface area (Å²) in [7, 11) is 0. The summed E-state index contributed by atoms with van der Waals surface area (Å²) in [5, 5.41) is 2.64. The summed E-state index contributed by atoms with van der Waals surface area (Å²) in [5.74, 6) is -1.63. The molecule has 0 aromatic heterocycles. The minimum absolute atomic E-state index is 0.0553. The maximum Gasteiger partial charge on any atom is 0.248 e. The molecule has 6 heteroatoms. The molecule has 1 aromatic rings. The number of primary amides is 2. The highest BCUT2D eigenvalue weighted by Crippen LogP contribution is 2.09. The average molecular weight is 225 g/mol. The lowest BCUT2D eigenvalue weighted by Gasteiger charge is -2.05. The first-order valence-corrected chi connectivity index (χ1v) is 4.58. The minimum Gasteiger partial charge on any atom is -0.369 e. The Labute approximate surface area is 91.6 Å². The molecule has 0 heterocycles. The number of amides is 2. The maximum absolute atomic E-state index is 13.2. The summed E-state index contributed by atoms with van der Waals surface area (Å²) in [5.41, 5.74) is 10.4. The van der Waals surface area contributed by atoms with Crippen molar-refractivity contribution >= 4 is 11.8 Å². The van der Waals surface area contributed by atoms with Crippen molar-refractivity contribution in [3.8, 4) is 0 Å². The molecule has 5 N–H and O–H groups in total. The number of nitrogens with one attached hydrogen (secondary N) is 1. The predicted molar refractivity (Wildman–Crippen MR) is 55.8 cm³/mol. The Morgan fingerprint density at radius 2 is 2.00 bits per heavy atom. The van der Waals surface area contributed by atoms with E-state index >= 15 is 0 Å². The molecule has 0 bridgehead atoms. The Bertz CT molecular complexity index is 421. The zero-order valence-electron chi connectivity index (χ0n) is 8.50. The number of carbonyl (C=O) groups excluding carboxylic acids is 2. The first-order valence-electron chi connectivity index (χ1n) is 4.58.